The minimum atomic E-state index is 0.126. The zero-order valence-electron chi connectivity index (χ0n) is 11.5. The van der Waals surface area contributed by atoms with Gasteiger partial charge in [-0.05, 0) is 46.8 Å². The van der Waals surface area contributed by atoms with Crippen LogP contribution < -0.4 is 0 Å². The van der Waals surface area contributed by atoms with Gasteiger partial charge in [0.05, 0.1) is 15.9 Å². The van der Waals surface area contributed by atoms with E-state index < -0.39 is 0 Å². The first-order valence-electron chi connectivity index (χ1n) is 5.99. The lowest BCUT2D eigenvalue weighted by Gasteiger charge is -2.18. The molecule has 0 radical (unpaired) electrons. The van der Waals surface area contributed by atoms with Crippen LogP contribution in [0, 0.1) is 13.8 Å². The van der Waals surface area contributed by atoms with Gasteiger partial charge in [-0.2, -0.15) is 5.10 Å². The van der Waals surface area contributed by atoms with Crippen molar-refractivity contribution in [2.24, 2.45) is 0 Å². The molecule has 2 rings (SSSR count). The Morgan fingerprint density at radius 2 is 1.83 bits per heavy atom. The summed E-state index contributed by atoms with van der Waals surface area (Å²) < 4.78 is 2.91. The average Bonchev–Trinajstić information content (AvgIpc) is 2.56. The van der Waals surface area contributed by atoms with Crippen molar-refractivity contribution in [1.29, 1.82) is 0 Å². The SMILES string of the molecule is Cc1nn(-c2ccc(C(C)(C)C)cn2)c(C)c1Br. The Morgan fingerprint density at radius 1 is 1.17 bits per heavy atom. The highest BCUT2D eigenvalue weighted by atomic mass is 79.9. The van der Waals surface area contributed by atoms with Crippen LogP contribution in [0.4, 0.5) is 0 Å². The van der Waals surface area contributed by atoms with E-state index >= 15 is 0 Å². The summed E-state index contributed by atoms with van der Waals surface area (Å²) in [6, 6.07) is 4.14. The van der Waals surface area contributed by atoms with E-state index in [0.717, 1.165) is 21.7 Å². The summed E-state index contributed by atoms with van der Waals surface area (Å²) in [7, 11) is 0. The van der Waals surface area contributed by atoms with Gasteiger partial charge >= 0.3 is 0 Å². The van der Waals surface area contributed by atoms with Crippen molar-refractivity contribution in [2.75, 3.05) is 0 Å². The predicted octanol–water partition coefficient (Wildman–Crippen LogP) is 3.94. The van der Waals surface area contributed by atoms with Gasteiger partial charge in [-0.15, -0.1) is 0 Å². The summed E-state index contributed by atoms with van der Waals surface area (Å²) in [4.78, 5) is 4.51. The molecular formula is C14H18BrN3. The molecule has 0 saturated carbocycles. The first-order valence-corrected chi connectivity index (χ1v) is 6.78. The zero-order valence-corrected chi connectivity index (χ0v) is 13.0. The number of nitrogens with zero attached hydrogens (tertiary/aromatic N) is 3. The van der Waals surface area contributed by atoms with Crippen molar-refractivity contribution in [2.45, 2.75) is 40.0 Å². The van der Waals surface area contributed by atoms with Crippen LogP contribution in [0.1, 0.15) is 37.7 Å². The van der Waals surface area contributed by atoms with Crippen LogP contribution in [0.15, 0.2) is 22.8 Å². The molecule has 2 aromatic heterocycles. The topological polar surface area (TPSA) is 30.7 Å². The second-order valence-electron chi connectivity index (χ2n) is 5.55. The molecule has 0 aliphatic heterocycles. The zero-order chi connectivity index (χ0) is 13.5. The number of hydrogen-bond acceptors (Lipinski definition) is 2. The van der Waals surface area contributed by atoms with Gasteiger partial charge in [-0.25, -0.2) is 9.67 Å². The molecule has 3 nitrogen and oxygen atoms in total. The molecule has 0 atom stereocenters. The number of aryl methyl sites for hydroxylation is 1. The summed E-state index contributed by atoms with van der Waals surface area (Å²) in [5, 5.41) is 4.48. The lowest BCUT2D eigenvalue weighted by atomic mass is 9.88. The molecule has 0 amide bonds. The molecule has 0 unspecified atom stereocenters. The molecule has 0 aliphatic rings. The molecule has 0 N–H and O–H groups in total. The van der Waals surface area contributed by atoms with Crippen LogP contribution in [0.2, 0.25) is 0 Å². The van der Waals surface area contributed by atoms with Gasteiger partial charge in [-0.1, -0.05) is 26.8 Å². The Bertz CT molecular complexity index is 562. The molecule has 0 saturated heterocycles. The Morgan fingerprint density at radius 3 is 2.22 bits per heavy atom. The Labute approximate surface area is 116 Å². The van der Waals surface area contributed by atoms with Crippen LogP contribution in [0.3, 0.4) is 0 Å². The third-order valence-corrected chi connectivity index (χ3v) is 4.18. The molecule has 0 bridgehead atoms. The highest BCUT2D eigenvalue weighted by molar-refractivity contribution is 9.10. The molecular weight excluding hydrogens is 290 g/mol. The van der Waals surface area contributed by atoms with Crippen LogP contribution in [0.25, 0.3) is 5.82 Å². The van der Waals surface area contributed by atoms with Crippen LogP contribution in [-0.4, -0.2) is 14.8 Å². The van der Waals surface area contributed by atoms with E-state index in [9.17, 15) is 0 Å². The van der Waals surface area contributed by atoms with E-state index in [-0.39, 0.29) is 5.41 Å². The van der Waals surface area contributed by atoms with Crippen molar-refractivity contribution >= 4 is 15.9 Å². The highest BCUT2D eigenvalue weighted by Gasteiger charge is 2.15. The summed E-state index contributed by atoms with van der Waals surface area (Å²) >= 11 is 3.53. The van der Waals surface area contributed by atoms with Crippen LogP contribution in [0.5, 0.6) is 0 Å². The lowest BCUT2D eigenvalue weighted by molar-refractivity contribution is 0.586. The van der Waals surface area contributed by atoms with Crippen molar-refractivity contribution < 1.29 is 0 Å². The maximum atomic E-state index is 4.51. The number of rotatable bonds is 1. The predicted molar refractivity (Wildman–Crippen MR) is 77.2 cm³/mol. The number of halogens is 1. The average molecular weight is 308 g/mol. The summed E-state index contributed by atoms with van der Waals surface area (Å²) in [6.45, 7) is 10.6. The van der Waals surface area contributed by atoms with Crippen molar-refractivity contribution in [3.8, 4) is 5.82 Å². The van der Waals surface area contributed by atoms with Crippen molar-refractivity contribution in [3.05, 3.63) is 39.8 Å². The van der Waals surface area contributed by atoms with E-state index in [0.29, 0.717) is 0 Å². The monoisotopic (exact) mass is 307 g/mol. The molecule has 2 heterocycles. The minimum absolute atomic E-state index is 0.126. The molecule has 4 heteroatoms. The molecule has 0 aromatic carbocycles. The van der Waals surface area contributed by atoms with Gasteiger partial charge in [0.2, 0.25) is 0 Å². The van der Waals surface area contributed by atoms with Gasteiger partial charge in [0.15, 0.2) is 5.82 Å². The van der Waals surface area contributed by atoms with E-state index in [1.165, 1.54) is 5.56 Å². The van der Waals surface area contributed by atoms with Crippen LogP contribution in [-0.2, 0) is 5.41 Å². The summed E-state index contributed by atoms with van der Waals surface area (Å²) in [5.74, 6) is 0.856. The van der Waals surface area contributed by atoms with E-state index in [4.69, 9.17) is 0 Å². The molecule has 96 valence electrons. The van der Waals surface area contributed by atoms with Gasteiger partial charge in [0.1, 0.15) is 0 Å². The van der Waals surface area contributed by atoms with Crippen LogP contribution >= 0.6 is 15.9 Å². The normalized spacial score (nSPS) is 11.9. The fraction of sp³-hybridized carbons (Fsp3) is 0.429. The van der Waals surface area contributed by atoms with Gasteiger partial charge in [-0.3, -0.25) is 0 Å². The first kappa shape index (κ1) is 13.3. The second kappa shape index (κ2) is 4.50. The fourth-order valence-electron chi connectivity index (χ4n) is 1.80. The van der Waals surface area contributed by atoms with Gasteiger partial charge in [0.25, 0.3) is 0 Å². The molecule has 18 heavy (non-hydrogen) atoms. The molecule has 0 fully saturated rings. The maximum absolute atomic E-state index is 4.51. The smallest absolute Gasteiger partial charge is 0.153 e. The number of aromatic nitrogens is 3. The number of pyridine rings is 1. The highest BCUT2D eigenvalue weighted by Crippen LogP contribution is 2.24. The van der Waals surface area contributed by atoms with E-state index in [2.05, 4.69) is 52.9 Å². The largest absolute Gasteiger partial charge is 0.237 e. The van der Waals surface area contributed by atoms with E-state index in [1.54, 1.807) is 0 Å². The Hall–Kier alpha value is -1.16. The van der Waals surface area contributed by atoms with Gasteiger partial charge in [0, 0.05) is 6.20 Å². The quantitative estimate of drug-likeness (QED) is 0.799. The third kappa shape index (κ3) is 2.34. The lowest BCUT2D eigenvalue weighted by Crippen LogP contribution is -2.12. The van der Waals surface area contributed by atoms with Crippen molar-refractivity contribution in [1.82, 2.24) is 14.8 Å². The molecule has 0 spiro atoms. The Kier molecular flexibility index (Phi) is 3.32. The summed E-state index contributed by atoms with van der Waals surface area (Å²) in [6.07, 6.45) is 1.93. The second-order valence-corrected chi connectivity index (χ2v) is 6.34. The molecule has 0 aliphatic carbocycles. The van der Waals surface area contributed by atoms with Gasteiger partial charge < -0.3 is 0 Å². The maximum Gasteiger partial charge on any atom is 0.153 e. The first-order chi connectivity index (χ1) is 8.30. The Balaban J connectivity index is 2.44. The fourth-order valence-corrected chi connectivity index (χ4v) is 2.05. The standard InChI is InChI=1S/C14H18BrN3/c1-9-13(15)10(2)18(17-9)12-7-6-11(8-16-12)14(3,4)5/h6-8H,1-5H3. The number of hydrogen-bond donors (Lipinski definition) is 0. The van der Waals surface area contributed by atoms with Crippen molar-refractivity contribution in [3.63, 3.8) is 0 Å². The molecule has 2 aromatic rings. The minimum Gasteiger partial charge on any atom is -0.237 e. The van der Waals surface area contributed by atoms with E-state index in [1.807, 2.05) is 30.8 Å². The summed E-state index contributed by atoms with van der Waals surface area (Å²) in [5.41, 5.74) is 3.41. The third-order valence-electron chi connectivity index (χ3n) is 3.03.